The third kappa shape index (κ3) is 2.97. The summed E-state index contributed by atoms with van der Waals surface area (Å²) >= 11 is 0. The molecule has 21 heavy (non-hydrogen) atoms. The third-order valence-corrected chi connectivity index (χ3v) is 3.01. The summed E-state index contributed by atoms with van der Waals surface area (Å²) in [5, 5.41) is 2.71. The second-order valence-electron chi connectivity index (χ2n) is 4.66. The van der Waals surface area contributed by atoms with Crippen molar-refractivity contribution in [2.24, 2.45) is 0 Å². The SMILES string of the molecule is Cc1ccc(NC(=O)/C=C/c2cnc3ccccn23)nc1. The van der Waals surface area contributed by atoms with Crippen LogP contribution >= 0.6 is 0 Å². The minimum absolute atomic E-state index is 0.225. The molecule has 0 saturated carbocycles. The van der Waals surface area contributed by atoms with E-state index >= 15 is 0 Å². The number of aryl methyl sites for hydroxylation is 1. The molecule has 3 aromatic heterocycles. The van der Waals surface area contributed by atoms with Crippen molar-refractivity contribution in [1.29, 1.82) is 0 Å². The van der Waals surface area contributed by atoms with Gasteiger partial charge in [-0.1, -0.05) is 12.1 Å². The Morgan fingerprint density at radius 3 is 2.90 bits per heavy atom. The van der Waals surface area contributed by atoms with Crippen LogP contribution in [0.1, 0.15) is 11.3 Å². The van der Waals surface area contributed by atoms with E-state index in [-0.39, 0.29) is 5.91 Å². The summed E-state index contributed by atoms with van der Waals surface area (Å²) in [6, 6.07) is 9.42. The highest BCUT2D eigenvalue weighted by atomic mass is 16.1. The van der Waals surface area contributed by atoms with Gasteiger partial charge in [0, 0.05) is 18.5 Å². The minimum Gasteiger partial charge on any atom is -0.307 e. The molecular formula is C16H14N4O. The minimum atomic E-state index is -0.225. The van der Waals surface area contributed by atoms with E-state index < -0.39 is 0 Å². The molecule has 0 spiro atoms. The molecule has 0 aliphatic carbocycles. The summed E-state index contributed by atoms with van der Waals surface area (Å²) < 4.78 is 1.91. The highest BCUT2D eigenvalue weighted by Crippen LogP contribution is 2.08. The average molecular weight is 278 g/mol. The number of rotatable bonds is 3. The largest absolute Gasteiger partial charge is 0.307 e. The fourth-order valence-electron chi connectivity index (χ4n) is 1.95. The number of nitrogens with zero attached hydrogens (tertiary/aromatic N) is 3. The number of aromatic nitrogens is 3. The molecule has 0 radical (unpaired) electrons. The van der Waals surface area contributed by atoms with Crippen LogP contribution in [0, 0.1) is 6.92 Å². The number of hydrogen-bond acceptors (Lipinski definition) is 3. The Morgan fingerprint density at radius 2 is 2.10 bits per heavy atom. The van der Waals surface area contributed by atoms with Crippen LogP contribution in [0.15, 0.2) is 55.0 Å². The van der Waals surface area contributed by atoms with Crippen LogP contribution in [0.2, 0.25) is 0 Å². The first kappa shape index (κ1) is 13.1. The Labute approximate surface area is 122 Å². The second kappa shape index (κ2) is 5.58. The van der Waals surface area contributed by atoms with Gasteiger partial charge in [0.2, 0.25) is 5.91 Å². The van der Waals surface area contributed by atoms with Crippen molar-refractivity contribution in [3.05, 3.63) is 66.3 Å². The smallest absolute Gasteiger partial charge is 0.249 e. The van der Waals surface area contributed by atoms with Gasteiger partial charge in [-0.2, -0.15) is 0 Å². The van der Waals surface area contributed by atoms with Gasteiger partial charge in [-0.05, 0) is 36.8 Å². The zero-order valence-corrected chi connectivity index (χ0v) is 11.5. The summed E-state index contributed by atoms with van der Waals surface area (Å²) in [5.74, 6) is 0.311. The molecular weight excluding hydrogens is 264 g/mol. The van der Waals surface area contributed by atoms with E-state index in [1.165, 1.54) is 6.08 Å². The van der Waals surface area contributed by atoms with Crippen molar-refractivity contribution >= 4 is 23.4 Å². The van der Waals surface area contributed by atoms with Gasteiger partial charge in [0.25, 0.3) is 0 Å². The highest BCUT2D eigenvalue weighted by Gasteiger charge is 2.01. The number of amides is 1. The first-order valence-electron chi connectivity index (χ1n) is 6.56. The van der Waals surface area contributed by atoms with E-state index in [1.807, 2.05) is 41.8 Å². The summed E-state index contributed by atoms with van der Waals surface area (Å²) in [4.78, 5) is 20.2. The third-order valence-electron chi connectivity index (χ3n) is 3.01. The summed E-state index contributed by atoms with van der Waals surface area (Å²) in [7, 11) is 0. The number of hydrogen-bond donors (Lipinski definition) is 1. The van der Waals surface area contributed by atoms with E-state index in [0.717, 1.165) is 16.9 Å². The lowest BCUT2D eigenvalue weighted by Crippen LogP contribution is -2.09. The normalized spacial score (nSPS) is 11.1. The Balaban J connectivity index is 1.73. The lowest BCUT2D eigenvalue weighted by atomic mass is 10.3. The fraction of sp³-hybridized carbons (Fsp3) is 0.0625. The zero-order valence-electron chi connectivity index (χ0n) is 11.5. The van der Waals surface area contributed by atoms with Gasteiger partial charge in [-0.15, -0.1) is 0 Å². The van der Waals surface area contributed by atoms with Crippen molar-refractivity contribution in [1.82, 2.24) is 14.4 Å². The lowest BCUT2D eigenvalue weighted by molar-refractivity contribution is -0.111. The van der Waals surface area contributed by atoms with Crippen LogP contribution in [0.5, 0.6) is 0 Å². The fourth-order valence-corrected chi connectivity index (χ4v) is 1.95. The quantitative estimate of drug-likeness (QED) is 0.749. The number of carbonyl (C=O) groups is 1. The summed E-state index contributed by atoms with van der Waals surface area (Å²) in [6.07, 6.45) is 8.54. The standard InChI is InChI=1S/C16H14N4O/c1-12-5-7-14(17-10-12)19-16(21)8-6-13-11-18-15-4-2-3-9-20(13)15/h2-11H,1H3,(H,17,19,21)/b8-6+. The molecule has 0 fully saturated rings. The maximum Gasteiger partial charge on any atom is 0.249 e. The van der Waals surface area contributed by atoms with E-state index in [0.29, 0.717) is 5.82 Å². The molecule has 3 aromatic rings. The summed E-state index contributed by atoms with van der Waals surface area (Å²) in [6.45, 7) is 1.95. The van der Waals surface area contributed by atoms with Crippen molar-refractivity contribution in [3.63, 3.8) is 0 Å². The molecule has 5 nitrogen and oxygen atoms in total. The highest BCUT2D eigenvalue weighted by molar-refractivity contribution is 6.01. The molecule has 0 unspecified atom stereocenters. The van der Waals surface area contributed by atoms with Gasteiger partial charge >= 0.3 is 0 Å². The summed E-state index contributed by atoms with van der Waals surface area (Å²) in [5.41, 5.74) is 2.74. The second-order valence-corrected chi connectivity index (χ2v) is 4.66. The number of anilines is 1. The molecule has 0 saturated heterocycles. The van der Waals surface area contributed by atoms with E-state index in [1.54, 1.807) is 24.5 Å². The number of imidazole rings is 1. The van der Waals surface area contributed by atoms with Crippen LogP contribution in [0.25, 0.3) is 11.7 Å². The maximum absolute atomic E-state index is 11.9. The molecule has 1 N–H and O–H groups in total. The molecule has 0 aliphatic rings. The first-order valence-corrected chi connectivity index (χ1v) is 6.56. The van der Waals surface area contributed by atoms with Gasteiger partial charge in [-0.25, -0.2) is 9.97 Å². The number of pyridine rings is 2. The van der Waals surface area contributed by atoms with Crippen LogP contribution in [-0.4, -0.2) is 20.3 Å². The molecule has 104 valence electrons. The molecule has 5 heteroatoms. The number of carbonyl (C=O) groups excluding carboxylic acids is 1. The van der Waals surface area contributed by atoms with E-state index in [9.17, 15) is 4.79 Å². The topological polar surface area (TPSA) is 59.3 Å². The average Bonchev–Trinajstić information content (AvgIpc) is 2.91. The molecule has 3 heterocycles. The van der Waals surface area contributed by atoms with Gasteiger partial charge in [0.15, 0.2) is 0 Å². The van der Waals surface area contributed by atoms with E-state index in [4.69, 9.17) is 0 Å². The number of nitrogens with one attached hydrogen (secondary N) is 1. The lowest BCUT2D eigenvalue weighted by Gasteiger charge is -2.01. The Hall–Kier alpha value is -2.95. The Morgan fingerprint density at radius 1 is 1.19 bits per heavy atom. The Kier molecular flexibility index (Phi) is 3.47. The first-order chi connectivity index (χ1) is 10.2. The molecule has 3 rings (SSSR count). The van der Waals surface area contributed by atoms with Crippen molar-refractivity contribution in [2.45, 2.75) is 6.92 Å². The molecule has 0 aliphatic heterocycles. The predicted molar refractivity (Wildman–Crippen MR) is 81.8 cm³/mol. The monoisotopic (exact) mass is 278 g/mol. The maximum atomic E-state index is 11.9. The number of fused-ring (bicyclic) bond motifs is 1. The molecule has 0 aromatic carbocycles. The Bertz CT molecular complexity index is 803. The van der Waals surface area contributed by atoms with Crippen molar-refractivity contribution in [3.8, 4) is 0 Å². The van der Waals surface area contributed by atoms with Gasteiger partial charge < -0.3 is 9.72 Å². The van der Waals surface area contributed by atoms with Crippen LogP contribution in [-0.2, 0) is 4.79 Å². The van der Waals surface area contributed by atoms with Gasteiger partial charge in [-0.3, -0.25) is 4.79 Å². The predicted octanol–water partition coefficient (Wildman–Crippen LogP) is 2.69. The van der Waals surface area contributed by atoms with Crippen molar-refractivity contribution in [2.75, 3.05) is 5.32 Å². The molecule has 0 atom stereocenters. The van der Waals surface area contributed by atoms with Crippen LogP contribution in [0.3, 0.4) is 0 Å². The van der Waals surface area contributed by atoms with Crippen LogP contribution in [0.4, 0.5) is 5.82 Å². The van der Waals surface area contributed by atoms with Crippen molar-refractivity contribution < 1.29 is 4.79 Å². The molecule has 0 bridgehead atoms. The molecule has 1 amide bonds. The zero-order chi connectivity index (χ0) is 14.7. The van der Waals surface area contributed by atoms with Gasteiger partial charge in [0.1, 0.15) is 11.5 Å². The van der Waals surface area contributed by atoms with Gasteiger partial charge in [0.05, 0.1) is 11.9 Å². The van der Waals surface area contributed by atoms with Crippen LogP contribution < -0.4 is 5.32 Å². The van der Waals surface area contributed by atoms with E-state index in [2.05, 4.69) is 15.3 Å².